The van der Waals surface area contributed by atoms with Crippen LogP contribution in [0.4, 0.5) is 18.9 Å². The van der Waals surface area contributed by atoms with E-state index in [4.69, 9.17) is 0 Å². The molecular weight excluding hydrogens is 241 g/mol. The van der Waals surface area contributed by atoms with Crippen molar-refractivity contribution in [2.75, 3.05) is 5.32 Å². The van der Waals surface area contributed by atoms with Crippen LogP contribution in [-0.4, -0.2) is 4.98 Å². The Morgan fingerprint density at radius 2 is 1.83 bits per heavy atom. The fraction of sp³-hybridized carbons (Fsp3) is 0.154. The van der Waals surface area contributed by atoms with Gasteiger partial charge in [-0.2, -0.15) is 0 Å². The van der Waals surface area contributed by atoms with E-state index in [0.29, 0.717) is 12.1 Å². The van der Waals surface area contributed by atoms with Crippen molar-refractivity contribution in [2.24, 2.45) is 0 Å². The number of benzene rings is 1. The molecule has 1 unspecified atom stereocenters. The summed E-state index contributed by atoms with van der Waals surface area (Å²) in [5.41, 5.74) is 0.438. The number of halogens is 3. The predicted molar refractivity (Wildman–Crippen MR) is 62.6 cm³/mol. The Kier molecular flexibility index (Phi) is 3.50. The smallest absolute Gasteiger partial charge is 0.152 e. The maximum absolute atomic E-state index is 13.4. The summed E-state index contributed by atoms with van der Waals surface area (Å²) >= 11 is 0. The number of rotatable bonds is 3. The third-order valence-electron chi connectivity index (χ3n) is 2.55. The minimum atomic E-state index is -0.955. The Labute approximate surface area is 102 Å². The van der Waals surface area contributed by atoms with Crippen molar-refractivity contribution in [1.29, 1.82) is 0 Å². The van der Waals surface area contributed by atoms with Gasteiger partial charge in [-0.15, -0.1) is 0 Å². The van der Waals surface area contributed by atoms with Crippen LogP contribution in [-0.2, 0) is 0 Å². The Morgan fingerprint density at radius 1 is 1.17 bits per heavy atom. The van der Waals surface area contributed by atoms with Crippen LogP contribution in [0.2, 0.25) is 0 Å². The Hall–Kier alpha value is -2.04. The second kappa shape index (κ2) is 5.08. The molecule has 94 valence electrons. The molecule has 0 saturated heterocycles. The van der Waals surface area contributed by atoms with Gasteiger partial charge in [0.05, 0.1) is 6.04 Å². The van der Waals surface area contributed by atoms with Crippen LogP contribution in [0.15, 0.2) is 36.7 Å². The van der Waals surface area contributed by atoms with Crippen molar-refractivity contribution in [3.05, 3.63) is 59.7 Å². The normalized spacial score (nSPS) is 12.2. The third kappa shape index (κ3) is 2.61. The number of hydrogen-bond acceptors (Lipinski definition) is 2. The van der Waals surface area contributed by atoms with Gasteiger partial charge in [0, 0.05) is 24.5 Å². The van der Waals surface area contributed by atoms with E-state index in [2.05, 4.69) is 10.3 Å². The van der Waals surface area contributed by atoms with E-state index < -0.39 is 17.5 Å². The molecule has 18 heavy (non-hydrogen) atoms. The van der Waals surface area contributed by atoms with Gasteiger partial charge in [0.2, 0.25) is 0 Å². The average Bonchev–Trinajstić information content (AvgIpc) is 2.34. The van der Waals surface area contributed by atoms with Gasteiger partial charge in [0.25, 0.3) is 0 Å². The van der Waals surface area contributed by atoms with Crippen LogP contribution in [0, 0.1) is 17.5 Å². The highest BCUT2D eigenvalue weighted by molar-refractivity contribution is 5.48. The lowest BCUT2D eigenvalue weighted by molar-refractivity contribution is 0.545. The van der Waals surface area contributed by atoms with E-state index in [1.54, 1.807) is 31.5 Å². The van der Waals surface area contributed by atoms with Crippen LogP contribution in [0.3, 0.4) is 0 Å². The minimum Gasteiger partial charge on any atom is -0.374 e. The lowest BCUT2D eigenvalue weighted by Gasteiger charge is -2.16. The van der Waals surface area contributed by atoms with E-state index in [1.807, 2.05) is 0 Å². The number of anilines is 1. The van der Waals surface area contributed by atoms with Gasteiger partial charge >= 0.3 is 0 Å². The Bertz CT molecular complexity index is 520. The summed E-state index contributed by atoms with van der Waals surface area (Å²) < 4.78 is 39.6. The van der Waals surface area contributed by atoms with Gasteiger partial charge in [-0.05, 0) is 18.6 Å². The largest absolute Gasteiger partial charge is 0.374 e. The zero-order valence-electron chi connectivity index (χ0n) is 9.62. The van der Waals surface area contributed by atoms with Crippen LogP contribution in [0.5, 0.6) is 0 Å². The highest BCUT2D eigenvalue weighted by Gasteiger charge is 2.14. The molecule has 2 rings (SSSR count). The summed E-state index contributed by atoms with van der Waals surface area (Å²) in [6, 6.07) is 4.45. The van der Waals surface area contributed by atoms with Crippen molar-refractivity contribution < 1.29 is 13.2 Å². The predicted octanol–water partition coefficient (Wildman–Crippen LogP) is 3.67. The Morgan fingerprint density at radius 3 is 2.39 bits per heavy atom. The fourth-order valence-electron chi connectivity index (χ4n) is 1.61. The average molecular weight is 252 g/mol. The van der Waals surface area contributed by atoms with Crippen LogP contribution >= 0.6 is 0 Å². The van der Waals surface area contributed by atoms with E-state index in [-0.39, 0.29) is 11.7 Å². The molecule has 0 aliphatic carbocycles. The molecule has 1 aromatic carbocycles. The summed E-state index contributed by atoms with van der Waals surface area (Å²) in [7, 11) is 0. The van der Waals surface area contributed by atoms with Crippen LogP contribution in [0.1, 0.15) is 18.5 Å². The van der Waals surface area contributed by atoms with E-state index in [1.165, 1.54) is 0 Å². The molecular formula is C13H11F3N2. The first kappa shape index (κ1) is 12.4. The number of hydrogen-bond donors (Lipinski definition) is 1. The molecule has 1 atom stereocenters. The third-order valence-corrected chi connectivity index (χ3v) is 2.55. The zero-order chi connectivity index (χ0) is 13.1. The topological polar surface area (TPSA) is 24.9 Å². The molecule has 2 aromatic rings. The van der Waals surface area contributed by atoms with Crippen LogP contribution < -0.4 is 5.32 Å². The molecule has 0 saturated carbocycles. The molecule has 1 heterocycles. The molecule has 0 bridgehead atoms. The van der Waals surface area contributed by atoms with Crippen molar-refractivity contribution in [3.8, 4) is 0 Å². The van der Waals surface area contributed by atoms with E-state index >= 15 is 0 Å². The van der Waals surface area contributed by atoms with Crippen molar-refractivity contribution in [1.82, 2.24) is 4.98 Å². The second-order valence-corrected chi connectivity index (χ2v) is 3.90. The van der Waals surface area contributed by atoms with Gasteiger partial charge in [0.1, 0.15) is 11.5 Å². The summed E-state index contributed by atoms with van der Waals surface area (Å²) in [5.74, 6) is -2.85. The fourth-order valence-corrected chi connectivity index (χ4v) is 1.61. The first-order valence-corrected chi connectivity index (χ1v) is 5.39. The number of pyridine rings is 1. The summed E-state index contributed by atoms with van der Waals surface area (Å²) in [6.45, 7) is 1.74. The monoisotopic (exact) mass is 252 g/mol. The second-order valence-electron chi connectivity index (χ2n) is 3.90. The zero-order valence-corrected chi connectivity index (χ0v) is 9.62. The van der Waals surface area contributed by atoms with Crippen molar-refractivity contribution in [3.63, 3.8) is 0 Å². The van der Waals surface area contributed by atoms with E-state index in [0.717, 1.165) is 5.56 Å². The Balaban J connectivity index is 2.25. The summed E-state index contributed by atoms with van der Waals surface area (Å²) in [5, 5.41) is 2.67. The maximum Gasteiger partial charge on any atom is 0.152 e. The molecule has 0 radical (unpaired) electrons. The summed E-state index contributed by atoms with van der Waals surface area (Å²) in [4.78, 5) is 3.92. The molecule has 5 heteroatoms. The van der Waals surface area contributed by atoms with Crippen molar-refractivity contribution in [2.45, 2.75) is 13.0 Å². The lowest BCUT2D eigenvalue weighted by atomic mass is 10.1. The molecule has 2 nitrogen and oxygen atoms in total. The molecule has 0 spiro atoms. The van der Waals surface area contributed by atoms with Gasteiger partial charge in [-0.25, -0.2) is 13.2 Å². The molecule has 1 N–H and O–H groups in total. The number of nitrogens with zero attached hydrogens (tertiary/aromatic N) is 1. The molecule has 0 amide bonds. The highest BCUT2D eigenvalue weighted by atomic mass is 19.1. The maximum atomic E-state index is 13.4. The standard InChI is InChI=1S/C13H11F3N2/c1-8(9-3-2-4-17-7-9)18-13-11(15)5-10(14)6-12(13)16/h2-8,18H,1H3. The quantitative estimate of drug-likeness (QED) is 0.901. The van der Waals surface area contributed by atoms with Gasteiger partial charge in [-0.3, -0.25) is 4.98 Å². The van der Waals surface area contributed by atoms with Gasteiger partial charge in [0.15, 0.2) is 11.6 Å². The SMILES string of the molecule is CC(Nc1c(F)cc(F)cc1F)c1cccnc1. The molecule has 0 aliphatic rings. The van der Waals surface area contributed by atoms with Crippen LogP contribution in [0.25, 0.3) is 0 Å². The van der Waals surface area contributed by atoms with Crippen molar-refractivity contribution >= 4 is 5.69 Å². The van der Waals surface area contributed by atoms with Gasteiger partial charge < -0.3 is 5.32 Å². The number of nitrogens with one attached hydrogen (secondary N) is 1. The minimum absolute atomic E-state index is 0.340. The lowest BCUT2D eigenvalue weighted by Crippen LogP contribution is -2.10. The summed E-state index contributed by atoms with van der Waals surface area (Å²) in [6.07, 6.45) is 3.20. The highest BCUT2D eigenvalue weighted by Crippen LogP contribution is 2.24. The van der Waals surface area contributed by atoms with Gasteiger partial charge in [-0.1, -0.05) is 6.07 Å². The molecule has 0 aliphatic heterocycles. The molecule has 0 fully saturated rings. The molecule has 1 aromatic heterocycles. The first-order chi connectivity index (χ1) is 8.58. The number of aromatic nitrogens is 1. The first-order valence-electron chi connectivity index (χ1n) is 5.39. The van der Waals surface area contributed by atoms with E-state index in [9.17, 15) is 13.2 Å².